The molecule has 3 heterocycles. The monoisotopic (exact) mass is 388 g/mol. The average Bonchev–Trinajstić information content (AvgIpc) is 3.29. The zero-order chi connectivity index (χ0) is 20.1. The second-order valence-electron chi connectivity index (χ2n) is 7.23. The van der Waals surface area contributed by atoms with Gasteiger partial charge in [0.2, 0.25) is 0 Å². The third kappa shape index (κ3) is 4.43. The molecule has 1 fully saturated rings. The fraction of sp³-hybridized carbons (Fsp3) is 0.261. The van der Waals surface area contributed by atoms with Crippen molar-refractivity contribution in [1.82, 2.24) is 20.2 Å². The minimum atomic E-state index is -0.394. The highest BCUT2D eigenvalue weighted by molar-refractivity contribution is 5.94. The Morgan fingerprint density at radius 3 is 2.45 bits per heavy atom. The molecule has 0 radical (unpaired) electrons. The lowest BCUT2D eigenvalue weighted by Gasteiger charge is -2.28. The van der Waals surface area contributed by atoms with Gasteiger partial charge in [0.15, 0.2) is 0 Å². The number of nitrogens with zero attached hydrogens (tertiary/aromatic N) is 2. The summed E-state index contributed by atoms with van der Waals surface area (Å²) in [6, 6.07) is 17.3. The molecule has 2 N–H and O–H groups in total. The molecule has 1 amide bonds. The lowest BCUT2D eigenvalue weighted by molar-refractivity contribution is 0.0936. The summed E-state index contributed by atoms with van der Waals surface area (Å²) in [6.45, 7) is 2.52. The number of rotatable bonds is 6. The molecule has 148 valence electrons. The van der Waals surface area contributed by atoms with E-state index in [1.165, 1.54) is 18.4 Å². The molecule has 1 saturated heterocycles. The highest BCUT2D eigenvalue weighted by Gasteiger charge is 2.24. The second-order valence-corrected chi connectivity index (χ2v) is 7.23. The van der Waals surface area contributed by atoms with Crippen molar-refractivity contribution in [3.63, 3.8) is 0 Å². The molecule has 0 aliphatic carbocycles. The standard InChI is InChI=1S/C23H24N4O2/c28-22(19-8-9-20(26-23(19)29)17-10-12-24-13-11-17)25-16-21(27-14-4-5-15-27)18-6-2-1-3-7-18/h1-3,6-13,21H,4-5,14-16H2,(H,25,28)(H,26,29)/t21-/m1/s1. The Bertz CT molecular complexity index is 1010. The largest absolute Gasteiger partial charge is 0.350 e. The molecule has 6 nitrogen and oxygen atoms in total. The van der Waals surface area contributed by atoms with E-state index in [1.807, 2.05) is 30.3 Å². The van der Waals surface area contributed by atoms with Crippen molar-refractivity contribution in [2.24, 2.45) is 0 Å². The number of pyridine rings is 2. The van der Waals surface area contributed by atoms with Crippen LogP contribution in [0.3, 0.4) is 0 Å². The molecule has 1 aliphatic heterocycles. The molecule has 0 bridgehead atoms. The van der Waals surface area contributed by atoms with E-state index >= 15 is 0 Å². The lowest BCUT2D eigenvalue weighted by Crippen LogP contribution is -2.38. The van der Waals surface area contributed by atoms with Crippen molar-refractivity contribution < 1.29 is 4.79 Å². The molecule has 1 atom stereocenters. The van der Waals surface area contributed by atoms with E-state index in [-0.39, 0.29) is 17.5 Å². The first-order chi connectivity index (χ1) is 14.2. The summed E-state index contributed by atoms with van der Waals surface area (Å²) in [5.74, 6) is -0.354. The van der Waals surface area contributed by atoms with Crippen LogP contribution in [0.1, 0.15) is 34.8 Å². The smallest absolute Gasteiger partial charge is 0.261 e. The summed E-state index contributed by atoms with van der Waals surface area (Å²) in [4.78, 5) is 34.4. The van der Waals surface area contributed by atoms with E-state index in [2.05, 4.69) is 32.3 Å². The SMILES string of the molecule is O=C(NC[C@H](c1ccccc1)N1CCCC1)c1ccc(-c2ccncc2)[nH]c1=O. The van der Waals surface area contributed by atoms with Gasteiger partial charge in [-0.25, -0.2) is 0 Å². The van der Waals surface area contributed by atoms with Gasteiger partial charge in [-0.1, -0.05) is 30.3 Å². The van der Waals surface area contributed by atoms with Gasteiger partial charge < -0.3 is 10.3 Å². The van der Waals surface area contributed by atoms with E-state index in [1.54, 1.807) is 24.5 Å². The predicted molar refractivity (Wildman–Crippen MR) is 113 cm³/mol. The summed E-state index contributed by atoms with van der Waals surface area (Å²) in [6.07, 6.45) is 5.67. The predicted octanol–water partition coefficient (Wildman–Crippen LogP) is 3.00. The number of amides is 1. The molecule has 6 heteroatoms. The Labute approximate surface area is 169 Å². The van der Waals surface area contributed by atoms with Gasteiger partial charge in [-0.05, 0) is 55.8 Å². The lowest BCUT2D eigenvalue weighted by atomic mass is 10.1. The maximum absolute atomic E-state index is 12.7. The van der Waals surface area contributed by atoms with Crippen molar-refractivity contribution in [1.29, 1.82) is 0 Å². The van der Waals surface area contributed by atoms with E-state index in [0.29, 0.717) is 12.2 Å². The Morgan fingerprint density at radius 2 is 1.76 bits per heavy atom. The fourth-order valence-electron chi connectivity index (χ4n) is 3.82. The Hall–Kier alpha value is -3.25. The van der Waals surface area contributed by atoms with E-state index in [0.717, 1.165) is 18.7 Å². The zero-order valence-electron chi connectivity index (χ0n) is 16.2. The molecular weight excluding hydrogens is 364 g/mol. The first-order valence-electron chi connectivity index (χ1n) is 9.93. The Kier molecular flexibility index (Phi) is 5.81. The number of aromatic nitrogens is 2. The van der Waals surface area contributed by atoms with Crippen LogP contribution in [0, 0.1) is 0 Å². The number of hydrogen-bond donors (Lipinski definition) is 2. The normalized spacial score (nSPS) is 15.2. The molecule has 0 spiro atoms. The number of H-pyrrole nitrogens is 1. The van der Waals surface area contributed by atoms with Crippen LogP contribution < -0.4 is 10.9 Å². The van der Waals surface area contributed by atoms with Crippen LogP contribution in [0.4, 0.5) is 0 Å². The topological polar surface area (TPSA) is 78.1 Å². The van der Waals surface area contributed by atoms with Crippen molar-refractivity contribution >= 4 is 5.91 Å². The van der Waals surface area contributed by atoms with E-state index in [9.17, 15) is 9.59 Å². The van der Waals surface area contributed by atoms with Gasteiger partial charge in [0.25, 0.3) is 11.5 Å². The van der Waals surface area contributed by atoms with Crippen molar-refractivity contribution in [2.45, 2.75) is 18.9 Å². The molecular formula is C23H24N4O2. The molecule has 1 aliphatic rings. The van der Waals surface area contributed by atoms with Crippen molar-refractivity contribution in [3.8, 4) is 11.3 Å². The molecule has 4 rings (SSSR count). The first kappa shape index (κ1) is 19.1. The summed E-state index contributed by atoms with van der Waals surface area (Å²) >= 11 is 0. The van der Waals surface area contributed by atoms with Crippen molar-refractivity contribution in [2.75, 3.05) is 19.6 Å². The van der Waals surface area contributed by atoms with Crippen LogP contribution in [0.15, 0.2) is 71.8 Å². The Morgan fingerprint density at radius 1 is 1.03 bits per heavy atom. The highest BCUT2D eigenvalue weighted by atomic mass is 16.2. The maximum atomic E-state index is 12.7. The van der Waals surface area contributed by atoms with Crippen LogP contribution in [0.25, 0.3) is 11.3 Å². The molecule has 29 heavy (non-hydrogen) atoms. The van der Waals surface area contributed by atoms with Crippen LogP contribution in [0.5, 0.6) is 0 Å². The number of aromatic amines is 1. The average molecular weight is 388 g/mol. The van der Waals surface area contributed by atoms with Gasteiger partial charge in [-0.3, -0.25) is 19.5 Å². The Balaban J connectivity index is 1.49. The number of likely N-dealkylation sites (tertiary alicyclic amines) is 1. The van der Waals surface area contributed by atoms with Gasteiger partial charge in [-0.15, -0.1) is 0 Å². The van der Waals surface area contributed by atoms with Gasteiger partial charge in [0.1, 0.15) is 5.56 Å². The molecule has 3 aromatic rings. The van der Waals surface area contributed by atoms with Gasteiger partial charge in [0, 0.05) is 30.2 Å². The number of carbonyl (C=O) groups excluding carboxylic acids is 1. The molecule has 2 aromatic heterocycles. The molecule has 1 aromatic carbocycles. The highest BCUT2D eigenvalue weighted by Crippen LogP contribution is 2.24. The number of nitrogens with one attached hydrogen (secondary N) is 2. The zero-order valence-corrected chi connectivity index (χ0v) is 16.2. The van der Waals surface area contributed by atoms with Crippen LogP contribution in [-0.4, -0.2) is 40.4 Å². The quantitative estimate of drug-likeness (QED) is 0.680. The molecule has 0 saturated carbocycles. The van der Waals surface area contributed by atoms with Gasteiger partial charge in [-0.2, -0.15) is 0 Å². The third-order valence-electron chi connectivity index (χ3n) is 5.37. The van der Waals surface area contributed by atoms with Gasteiger partial charge in [0.05, 0.1) is 6.04 Å². The molecule has 0 unspecified atom stereocenters. The first-order valence-corrected chi connectivity index (χ1v) is 9.93. The fourth-order valence-corrected chi connectivity index (χ4v) is 3.82. The van der Waals surface area contributed by atoms with Crippen LogP contribution in [-0.2, 0) is 0 Å². The van der Waals surface area contributed by atoms with Crippen molar-refractivity contribution in [3.05, 3.63) is 88.5 Å². The van der Waals surface area contributed by atoms with Gasteiger partial charge >= 0.3 is 0 Å². The van der Waals surface area contributed by atoms with E-state index in [4.69, 9.17) is 0 Å². The minimum absolute atomic E-state index is 0.109. The van der Waals surface area contributed by atoms with Crippen LogP contribution >= 0.6 is 0 Å². The number of benzene rings is 1. The summed E-state index contributed by atoms with van der Waals surface area (Å²) in [5.41, 5.74) is 2.41. The van der Waals surface area contributed by atoms with E-state index < -0.39 is 5.56 Å². The van der Waals surface area contributed by atoms with Crippen LogP contribution in [0.2, 0.25) is 0 Å². The summed E-state index contributed by atoms with van der Waals surface area (Å²) < 4.78 is 0. The maximum Gasteiger partial charge on any atom is 0.261 e. The number of carbonyl (C=O) groups is 1. The summed E-state index contributed by atoms with van der Waals surface area (Å²) in [7, 11) is 0. The third-order valence-corrected chi connectivity index (χ3v) is 5.37. The number of hydrogen-bond acceptors (Lipinski definition) is 4. The summed E-state index contributed by atoms with van der Waals surface area (Å²) in [5, 5.41) is 2.96. The second kappa shape index (κ2) is 8.84. The minimum Gasteiger partial charge on any atom is -0.350 e.